The first-order chi connectivity index (χ1) is 7.59. The van der Waals surface area contributed by atoms with Crippen molar-refractivity contribution in [2.45, 2.75) is 13.3 Å². The quantitative estimate of drug-likeness (QED) is 0.615. The minimum Gasteiger partial charge on any atom is -0.477 e. The summed E-state index contributed by atoms with van der Waals surface area (Å²) in [5.41, 5.74) is 0. The predicted octanol–water partition coefficient (Wildman–Crippen LogP) is 1.32. The van der Waals surface area contributed by atoms with Crippen LogP contribution in [0.5, 0.6) is 0 Å². The Balaban J connectivity index is 2.44. The summed E-state index contributed by atoms with van der Waals surface area (Å²) in [5.74, 6) is 4.70. The summed E-state index contributed by atoms with van der Waals surface area (Å²) in [5, 5.41) is 11.3. The van der Waals surface area contributed by atoms with Gasteiger partial charge in [0.1, 0.15) is 4.88 Å². The molecule has 1 rings (SSSR count). The normalized spacial score (nSPS) is 9.06. The number of nitrogens with one attached hydrogen (secondary N) is 1. The lowest BCUT2D eigenvalue weighted by Crippen LogP contribution is -2.20. The lowest BCUT2D eigenvalue weighted by molar-refractivity contribution is -0.118. The van der Waals surface area contributed by atoms with E-state index in [1.165, 1.54) is 13.0 Å². The maximum Gasteiger partial charge on any atom is 0.345 e. The molecule has 0 saturated carbocycles. The van der Waals surface area contributed by atoms with Crippen molar-refractivity contribution < 1.29 is 14.7 Å². The number of carboxylic acids is 1. The van der Waals surface area contributed by atoms with Crippen LogP contribution in [0.15, 0.2) is 12.1 Å². The molecule has 0 aliphatic carbocycles. The van der Waals surface area contributed by atoms with Crippen molar-refractivity contribution in [2.75, 3.05) is 6.54 Å². The van der Waals surface area contributed by atoms with E-state index in [4.69, 9.17) is 5.11 Å². The maximum absolute atomic E-state index is 10.6. The fraction of sp³-hybridized carbons (Fsp3) is 0.273. The van der Waals surface area contributed by atoms with E-state index in [0.717, 1.165) is 16.2 Å². The first kappa shape index (κ1) is 12.3. The van der Waals surface area contributed by atoms with Crippen LogP contribution in [-0.2, 0) is 4.79 Å². The molecule has 2 N–H and O–H groups in total. The Morgan fingerprint density at radius 2 is 2.25 bits per heavy atom. The van der Waals surface area contributed by atoms with Crippen molar-refractivity contribution in [3.05, 3.63) is 21.9 Å². The molecule has 1 heterocycles. The smallest absolute Gasteiger partial charge is 0.345 e. The highest BCUT2D eigenvalue weighted by Gasteiger charge is 2.04. The van der Waals surface area contributed by atoms with Gasteiger partial charge in [0.05, 0.1) is 4.88 Å². The first-order valence-corrected chi connectivity index (χ1v) is 5.47. The molecule has 0 fully saturated rings. The molecule has 0 bridgehead atoms. The third-order valence-corrected chi connectivity index (χ3v) is 2.64. The fourth-order valence-corrected chi connectivity index (χ4v) is 1.69. The number of aromatic carboxylic acids is 1. The molecule has 0 aromatic carbocycles. The molecule has 1 aromatic heterocycles. The Bertz CT molecular complexity index is 453. The standard InChI is InChI=1S/C11H11NO3S/c1-8(13)12-7-3-2-4-9-5-6-10(16-9)11(14)15/h5-6H,3,7H2,1H3,(H,12,13)(H,14,15). The van der Waals surface area contributed by atoms with Crippen LogP contribution in [0.25, 0.3) is 0 Å². The summed E-state index contributed by atoms with van der Waals surface area (Å²) < 4.78 is 0. The van der Waals surface area contributed by atoms with Crippen molar-refractivity contribution >= 4 is 23.2 Å². The molecular formula is C11H11NO3S. The molecule has 5 heteroatoms. The maximum atomic E-state index is 10.6. The Kier molecular flexibility index (Phi) is 4.55. The van der Waals surface area contributed by atoms with Crippen LogP contribution >= 0.6 is 11.3 Å². The number of hydrogen-bond acceptors (Lipinski definition) is 3. The lowest BCUT2D eigenvalue weighted by atomic mass is 10.3. The highest BCUT2D eigenvalue weighted by atomic mass is 32.1. The monoisotopic (exact) mass is 237 g/mol. The van der Waals surface area contributed by atoms with Crippen molar-refractivity contribution in [3.63, 3.8) is 0 Å². The van der Waals surface area contributed by atoms with Crippen LogP contribution in [0.3, 0.4) is 0 Å². The van der Waals surface area contributed by atoms with E-state index in [9.17, 15) is 9.59 Å². The first-order valence-electron chi connectivity index (χ1n) is 4.66. The number of carbonyl (C=O) groups excluding carboxylic acids is 1. The molecular weight excluding hydrogens is 226 g/mol. The van der Waals surface area contributed by atoms with Gasteiger partial charge in [-0.2, -0.15) is 0 Å². The molecule has 0 aliphatic rings. The molecule has 1 aromatic rings. The van der Waals surface area contributed by atoms with E-state index < -0.39 is 5.97 Å². The zero-order valence-electron chi connectivity index (χ0n) is 8.74. The zero-order chi connectivity index (χ0) is 12.0. The summed E-state index contributed by atoms with van der Waals surface area (Å²) >= 11 is 1.14. The SMILES string of the molecule is CC(=O)NCCC#Cc1ccc(C(=O)O)s1. The molecule has 4 nitrogen and oxygen atoms in total. The van der Waals surface area contributed by atoms with Gasteiger partial charge in [-0.25, -0.2) is 4.79 Å². The van der Waals surface area contributed by atoms with Gasteiger partial charge >= 0.3 is 5.97 Å². The van der Waals surface area contributed by atoms with Gasteiger partial charge in [0.2, 0.25) is 5.91 Å². The van der Waals surface area contributed by atoms with Crippen LogP contribution in [-0.4, -0.2) is 23.5 Å². The minimum absolute atomic E-state index is 0.0777. The van der Waals surface area contributed by atoms with E-state index in [1.807, 2.05) is 0 Å². The Hall–Kier alpha value is -1.80. The molecule has 84 valence electrons. The highest BCUT2D eigenvalue weighted by molar-refractivity contribution is 7.14. The number of carboxylic acid groups (broad SMARTS) is 1. The van der Waals surface area contributed by atoms with Gasteiger partial charge in [-0.05, 0) is 12.1 Å². The lowest BCUT2D eigenvalue weighted by Gasteiger charge is -1.94. The van der Waals surface area contributed by atoms with Crippen molar-refractivity contribution in [2.24, 2.45) is 0 Å². The summed E-state index contributed by atoms with van der Waals surface area (Å²) in [7, 11) is 0. The summed E-state index contributed by atoms with van der Waals surface area (Å²) in [6.07, 6.45) is 0.555. The second kappa shape index (κ2) is 5.93. The molecule has 16 heavy (non-hydrogen) atoms. The fourth-order valence-electron chi connectivity index (χ4n) is 0.971. The van der Waals surface area contributed by atoms with E-state index in [2.05, 4.69) is 17.2 Å². The van der Waals surface area contributed by atoms with Crippen LogP contribution in [0.2, 0.25) is 0 Å². The molecule has 0 radical (unpaired) electrons. The van der Waals surface area contributed by atoms with Gasteiger partial charge in [0.25, 0.3) is 0 Å². The number of hydrogen-bond donors (Lipinski definition) is 2. The summed E-state index contributed by atoms with van der Waals surface area (Å²) in [6, 6.07) is 3.21. The van der Waals surface area contributed by atoms with Gasteiger partial charge in [-0.1, -0.05) is 11.8 Å². The molecule has 0 aliphatic heterocycles. The van der Waals surface area contributed by atoms with Gasteiger partial charge in [0.15, 0.2) is 0 Å². The molecule has 0 atom stereocenters. The van der Waals surface area contributed by atoms with Crippen LogP contribution in [0.4, 0.5) is 0 Å². The summed E-state index contributed by atoms with van der Waals surface area (Å²) in [4.78, 5) is 22.1. The van der Waals surface area contributed by atoms with Crippen molar-refractivity contribution in [1.82, 2.24) is 5.32 Å². The molecule has 1 amide bonds. The second-order valence-corrected chi connectivity index (χ2v) is 4.09. The van der Waals surface area contributed by atoms with E-state index in [-0.39, 0.29) is 10.8 Å². The van der Waals surface area contributed by atoms with Gasteiger partial charge in [-0.15, -0.1) is 11.3 Å². The molecule has 0 spiro atoms. The second-order valence-electron chi connectivity index (χ2n) is 3.00. The van der Waals surface area contributed by atoms with E-state index >= 15 is 0 Å². The zero-order valence-corrected chi connectivity index (χ0v) is 9.56. The number of carbonyl (C=O) groups is 2. The van der Waals surface area contributed by atoms with Gasteiger partial charge < -0.3 is 10.4 Å². The predicted molar refractivity (Wildman–Crippen MR) is 61.5 cm³/mol. The van der Waals surface area contributed by atoms with E-state index in [0.29, 0.717) is 13.0 Å². The van der Waals surface area contributed by atoms with Crippen LogP contribution < -0.4 is 5.32 Å². The average molecular weight is 237 g/mol. The van der Waals surface area contributed by atoms with Gasteiger partial charge in [0, 0.05) is 19.9 Å². The third kappa shape index (κ3) is 4.15. The molecule has 0 unspecified atom stereocenters. The topological polar surface area (TPSA) is 66.4 Å². The Labute approximate surface area is 97.3 Å². The van der Waals surface area contributed by atoms with Crippen molar-refractivity contribution in [3.8, 4) is 11.8 Å². The minimum atomic E-state index is -0.934. The van der Waals surface area contributed by atoms with E-state index in [1.54, 1.807) is 6.07 Å². The summed E-state index contributed by atoms with van der Waals surface area (Å²) in [6.45, 7) is 1.96. The van der Waals surface area contributed by atoms with Crippen LogP contribution in [0, 0.1) is 11.8 Å². The number of thiophene rings is 1. The number of rotatable bonds is 3. The average Bonchev–Trinajstić information content (AvgIpc) is 2.65. The third-order valence-electron chi connectivity index (χ3n) is 1.65. The molecule has 0 saturated heterocycles. The largest absolute Gasteiger partial charge is 0.477 e. The number of amides is 1. The Morgan fingerprint density at radius 1 is 1.50 bits per heavy atom. The van der Waals surface area contributed by atoms with Gasteiger partial charge in [-0.3, -0.25) is 4.79 Å². The van der Waals surface area contributed by atoms with Crippen molar-refractivity contribution in [1.29, 1.82) is 0 Å². The van der Waals surface area contributed by atoms with Crippen LogP contribution in [0.1, 0.15) is 27.9 Å². The Morgan fingerprint density at radius 3 is 2.81 bits per heavy atom. The highest BCUT2D eigenvalue weighted by Crippen LogP contribution is 2.14.